The summed E-state index contributed by atoms with van der Waals surface area (Å²) in [4.78, 5) is 27.4. The summed E-state index contributed by atoms with van der Waals surface area (Å²) in [5, 5.41) is 6.83. The van der Waals surface area contributed by atoms with Gasteiger partial charge in [-0.05, 0) is 92.1 Å². The number of rotatable bonds is 7. The third-order valence-corrected chi connectivity index (χ3v) is 5.29. The Morgan fingerprint density at radius 2 is 1.84 bits per heavy atom. The van der Waals surface area contributed by atoms with Crippen LogP contribution < -0.4 is 10.6 Å². The topological polar surface area (TPSA) is 74.0 Å². The molecule has 0 aliphatic rings. The van der Waals surface area contributed by atoms with Crippen molar-refractivity contribution in [3.63, 3.8) is 0 Å². The van der Waals surface area contributed by atoms with Crippen molar-refractivity contribution in [3.05, 3.63) is 64.9 Å². The van der Waals surface area contributed by atoms with Gasteiger partial charge in [0, 0.05) is 36.3 Å². The van der Waals surface area contributed by atoms with Crippen LogP contribution >= 0.6 is 0 Å². The average molecular weight is 418 g/mol. The number of aromatic nitrogens is 1. The summed E-state index contributed by atoms with van der Waals surface area (Å²) < 4.78 is 0. The van der Waals surface area contributed by atoms with Gasteiger partial charge in [0.05, 0.1) is 0 Å². The molecule has 0 saturated carbocycles. The van der Waals surface area contributed by atoms with Gasteiger partial charge in [-0.1, -0.05) is 18.2 Å². The van der Waals surface area contributed by atoms with Crippen molar-refractivity contribution in [2.75, 3.05) is 6.54 Å². The van der Waals surface area contributed by atoms with Crippen molar-refractivity contribution < 1.29 is 9.59 Å². The molecule has 2 amide bonds. The predicted octanol–water partition coefficient (Wildman–Crippen LogP) is 4.89. The van der Waals surface area contributed by atoms with E-state index in [2.05, 4.69) is 65.9 Å². The Balaban J connectivity index is 1.72. The van der Waals surface area contributed by atoms with Crippen molar-refractivity contribution >= 4 is 28.8 Å². The number of aryl methyl sites for hydroxylation is 2. The lowest BCUT2D eigenvalue weighted by Crippen LogP contribution is -2.34. The fourth-order valence-electron chi connectivity index (χ4n) is 3.65. The Labute approximate surface area is 183 Å². The molecule has 31 heavy (non-hydrogen) atoms. The van der Waals surface area contributed by atoms with E-state index in [1.54, 1.807) is 6.92 Å². The lowest BCUT2D eigenvalue weighted by atomic mass is 9.93. The Morgan fingerprint density at radius 1 is 1.06 bits per heavy atom. The lowest BCUT2D eigenvalue weighted by Gasteiger charge is -2.12. The van der Waals surface area contributed by atoms with Crippen LogP contribution in [0.15, 0.2) is 48.2 Å². The molecule has 3 aromatic rings. The fourth-order valence-corrected chi connectivity index (χ4v) is 3.65. The summed E-state index contributed by atoms with van der Waals surface area (Å²) in [5.74, 6) is -0.215. The Bertz CT molecular complexity index is 1140. The van der Waals surface area contributed by atoms with Crippen LogP contribution in [0.2, 0.25) is 0 Å². The summed E-state index contributed by atoms with van der Waals surface area (Å²) in [6.07, 6.45) is 4.13. The minimum absolute atomic E-state index is 0.0585. The Hall–Kier alpha value is -3.34. The molecule has 3 rings (SSSR count). The highest BCUT2D eigenvalue weighted by molar-refractivity contribution is 5.97. The van der Waals surface area contributed by atoms with Gasteiger partial charge in [0.2, 0.25) is 11.8 Å². The number of amides is 2. The van der Waals surface area contributed by atoms with E-state index in [1.807, 2.05) is 26.1 Å². The van der Waals surface area contributed by atoms with Gasteiger partial charge in [0.1, 0.15) is 0 Å². The quantitative estimate of drug-likeness (QED) is 0.479. The van der Waals surface area contributed by atoms with Crippen LogP contribution in [-0.4, -0.2) is 29.4 Å². The maximum atomic E-state index is 12.4. The molecular formula is C26H31N3O2. The summed E-state index contributed by atoms with van der Waals surface area (Å²) in [5.41, 5.74) is 7.40. The standard InChI is InChI=1S/C26H31N3O2/c1-16(2)29-25(30)9-11-28-26(31)19(5)13-22-12-18(4)23(14-17(22)3)20-6-7-24-21(15-20)8-10-27-24/h6-8,10,12-16,27H,9,11H2,1-5H3,(H,28,31)(H,29,30)/b19-13+. The number of benzene rings is 2. The van der Waals surface area contributed by atoms with Crippen LogP contribution in [0, 0.1) is 13.8 Å². The van der Waals surface area contributed by atoms with Gasteiger partial charge in [-0.25, -0.2) is 0 Å². The van der Waals surface area contributed by atoms with E-state index in [-0.39, 0.29) is 24.3 Å². The van der Waals surface area contributed by atoms with Gasteiger partial charge in [-0.2, -0.15) is 0 Å². The maximum absolute atomic E-state index is 12.4. The zero-order valence-corrected chi connectivity index (χ0v) is 18.9. The molecule has 162 valence electrons. The zero-order chi connectivity index (χ0) is 22.5. The van der Waals surface area contributed by atoms with Crippen LogP contribution in [0.25, 0.3) is 28.1 Å². The van der Waals surface area contributed by atoms with E-state index in [1.165, 1.54) is 16.5 Å². The fraction of sp³-hybridized carbons (Fsp3) is 0.308. The molecule has 0 atom stereocenters. The van der Waals surface area contributed by atoms with Crippen LogP contribution in [0.1, 0.15) is 43.9 Å². The molecule has 0 saturated heterocycles. The molecule has 1 aromatic heterocycles. The predicted molar refractivity (Wildman–Crippen MR) is 128 cm³/mol. The third kappa shape index (κ3) is 5.63. The van der Waals surface area contributed by atoms with Crippen molar-refractivity contribution in [2.45, 2.75) is 47.1 Å². The van der Waals surface area contributed by atoms with E-state index in [0.717, 1.165) is 22.2 Å². The van der Waals surface area contributed by atoms with E-state index < -0.39 is 0 Å². The smallest absolute Gasteiger partial charge is 0.246 e. The Kier molecular flexibility index (Phi) is 6.95. The highest BCUT2D eigenvalue weighted by Crippen LogP contribution is 2.30. The highest BCUT2D eigenvalue weighted by atomic mass is 16.2. The van der Waals surface area contributed by atoms with Crippen molar-refractivity contribution in [1.82, 2.24) is 15.6 Å². The van der Waals surface area contributed by atoms with Crippen LogP contribution in [-0.2, 0) is 9.59 Å². The first-order valence-corrected chi connectivity index (χ1v) is 10.7. The lowest BCUT2D eigenvalue weighted by molar-refractivity contribution is -0.121. The highest BCUT2D eigenvalue weighted by Gasteiger charge is 2.10. The number of carbonyl (C=O) groups excluding carboxylic acids is 2. The van der Waals surface area contributed by atoms with E-state index >= 15 is 0 Å². The van der Waals surface area contributed by atoms with Gasteiger partial charge in [0.15, 0.2) is 0 Å². The first-order valence-electron chi connectivity index (χ1n) is 10.7. The summed E-state index contributed by atoms with van der Waals surface area (Å²) >= 11 is 0. The first kappa shape index (κ1) is 22.3. The van der Waals surface area contributed by atoms with Crippen LogP contribution in [0.4, 0.5) is 0 Å². The monoisotopic (exact) mass is 417 g/mol. The molecule has 0 bridgehead atoms. The molecular weight excluding hydrogens is 386 g/mol. The second kappa shape index (κ2) is 9.65. The minimum atomic E-state index is -0.156. The van der Waals surface area contributed by atoms with Gasteiger partial charge < -0.3 is 15.6 Å². The van der Waals surface area contributed by atoms with Gasteiger partial charge in [-0.3, -0.25) is 9.59 Å². The molecule has 0 aliphatic heterocycles. The number of hydrogen-bond acceptors (Lipinski definition) is 2. The molecule has 0 radical (unpaired) electrons. The van der Waals surface area contributed by atoms with Crippen molar-refractivity contribution in [1.29, 1.82) is 0 Å². The third-order valence-electron chi connectivity index (χ3n) is 5.29. The van der Waals surface area contributed by atoms with Crippen molar-refractivity contribution in [3.8, 4) is 11.1 Å². The molecule has 0 unspecified atom stereocenters. The summed E-state index contributed by atoms with van der Waals surface area (Å²) in [7, 11) is 0. The van der Waals surface area contributed by atoms with E-state index in [9.17, 15) is 9.59 Å². The molecule has 1 heterocycles. The second-order valence-corrected chi connectivity index (χ2v) is 8.36. The molecule has 0 spiro atoms. The number of carbonyl (C=O) groups is 2. The summed E-state index contributed by atoms with van der Waals surface area (Å²) in [6, 6.07) is 12.9. The second-order valence-electron chi connectivity index (χ2n) is 8.36. The van der Waals surface area contributed by atoms with Crippen LogP contribution in [0.5, 0.6) is 0 Å². The van der Waals surface area contributed by atoms with Crippen molar-refractivity contribution in [2.24, 2.45) is 0 Å². The largest absolute Gasteiger partial charge is 0.361 e. The molecule has 5 heteroatoms. The van der Waals surface area contributed by atoms with Gasteiger partial charge in [0.25, 0.3) is 0 Å². The number of H-pyrrole nitrogens is 1. The van der Waals surface area contributed by atoms with Gasteiger partial charge in [-0.15, -0.1) is 0 Å². The van der Waals surface area contributed by atoms with E-state index in [0.29, 0.717) is 12.1 Å². The zero-order valence-electron chi connectivity index (χ0n) is 18.9. The van der Waals surface area contributed by atoms with Gasteiger partial charge >= 0.3 is 0 Å². The number of aromatic amines is 1. The molecule has 0 fully saturated rings. The average Bonchev–Trinajstić information content (AvgIpc) is 3.17. The SMILES string of the molecule is C/C(=C\c1cc(C)c(-c2ccc3[nH]ccc3c2)cc1C)C(=O)NCCC(=O)NC(C)C. The molecule has 5 nitrogen and oxygen atoms in total. The number of hydrogen-bond donors (Lipinski definition) is 3. The molecule has 2 aromatic carbocycles. The van der Waals surface area contributed by atoms with E-state index in [4.69, 9.17) is 0 Å². The Morgan fingerprint density at radius 3 is 2.58 bits per heavy atom. The summed E-state index contributed by atoms with van der Waals surface area (Å²) in [6.45, 7) is 10.1. The van der Waals surface area contributed by atoms with Crippen LogP contribution in [0.3, 0.4) is 0 Å². The number of nitrogens with one attached hydrogen (secondary N) is 3. The molecule has 3 N–H and O–H groups in total. The molecule has 0 aliphatic carbocycles. The normalized spacial score (nSPS) is 11.7. The first-order chi connectivity index (χ1) is 14.7. The minimum Gasteiger partial charge on any atom is -0.361 e. The maximum Gasteiger partial charge on any atom is 0.246 e. The number of fused-ring (bicyclic) bond motifs is 1.